The summed E-state index contributed by atoms with van der Waals surface area (Å²) in [5.74, 6) is 6.72. The number of nitrogens with zero attached hydrogens (tertiary/aromatic N) is 1. The van der Waals surface area contributed by atoms with Gasteiger partial charge < -0.3 is 43.4 Å². The van der Waals surface area contributed by atoms with E-state index in [9.17, 15) is 14.4 Å². The number of hydrogen-bond acceptors (Lipinski definition) is 11. The number of carbonyl (C=O) groups is 3. The Bertz CT molecular complexity index is 2180. The maximum absolute atomic E-state index is 13.7. The van der Waals surface area contributed by atoms with Gasteiger partial charge >= 0.3 is 18.4 Å². The minimum absolute atomic E-state index is 0.0238. The highest BCUT2D eigenvalue weighted by Gasteiger charge is 2.37. The highest BCUT2D eigenvalue weighted by atomic mass is 16.7. The third-order valence-electron chi connectivity index (χ3n) is 19.2. The van der Waals surface area contributed by atoms with E-state index in [0.29, 0.717) is 29.8 Å². The first-order valence-corrected chi connectivity index (χ1v) is 33.7. The topological polar surface area (TPSA) is 131 Å². The molecule has 0 saturated heterocycles. The Balaban J connectivity index is 1.34. The van der Waals surface area contributed by atoms with Crippen molar-refractivity contribution in [3.05, 3.63) is 44.5 Å². The number of nitrogens with one attached hydrogen (secondary N) is 1. The van der Waals surface area contributed by atoms with Gasteiger partial charge in [-0.2, -0.15) is 0 Å². The van der Waals surface area contributed by atoms with E-state index in [1.807, 2.05) is 41.5 Å². The molecule has 0 spiro atoms. The van der Waals surface area contributed by atoms with E-state index >= 15 is 0 Å². The molecule has 0 saturated carbocycles. The van der Waals surface area contributed by atoms with E-state index < -0.39 is 24.3 Å². The van der Waals surface area contributed by atoms with E-state index in [1.54, 1.807) is 0 Å². The van der Waals surface area contributed by atoms with Gasteiger partial charge in [0, 0.05) is 30.1 Å². The average molecular weight is 1180 g/mol. The van der Waals surface area contributed by atoms with Crippen LogP contribution in [0, 0.1) is 83.0 Å². The van der Waals surface area contributed by atoms with Gasteiger partial charge in [0.15, 0.2) is 0 Å². The molecule has 2 heterocycles. The summed E-state index contributed by atoms with van der Waals surface area (Å²) >= 11 is 0. The predicted octanol–water partition coefficient (Wildman–Crippen LogP) is 19.4. The van der Waals surface area contributed by atoms with Gasteiger partial charge in [-0.1, -0.05) is 159 Å². The van der Waals surface area contributed by atoms with Crippen LogP contribution in [0.1, 0.15) is 262 Å². The van der Waals surface area contributed by atoms with Gasteiger partial charge in [0.05, 0.1) is 6.61 Å². The number of fused-ring (bicyclic) bond motifs is 2. The molecule has 7 atom stereocenters. The number of carbonyl (C=O) groups excluding carboxylic acids is 3. The first-order valence-electron chi connectivity index (χ1n) is 33.7. The van der Waals surface area contributed by atoms with Crippen LogP contribution in [0.5, 0.6) is 23.0 Å². The molecule has 0 aromatic heterocycles. The third-order valence-corrected chi connectivity index (χ3v) is 19.2. The van der Waals surface area contributed by atoms with Gasteiger partial charge in [-0.3, -0.25) is 0 Å². The molecule has 4 rings (SSSR count). The largest absolute Gasteiger partial charge is 0.513 e. The van der Waals surface area contributed by atoms with Crippen molar-refractivity contribution in [2.75, 3.05) is 46.0 Å². The molecule has 2 aromatic carbocycles. The van der Waals surface area contributed by atoms with Crippen LogP contribution in [0.15, 0.2) is 0 Å². The molecule has 1 amide bonds. The lowest BCUT2D eigenvalue weighted by Crippen LogP contribution is -2.38. The third kappa shape index (κ3) is 24.2. The Morgan fingerprint density at radius 2 is 0.893 bits per heavy atom. The molecule has 0 aliphatic carbocycles. The van der Waals surface area contributed by atoms with Gasteiger partial charge in [0.1, 0.15) is 47.4 Å². The Morgan fingerprint density at radius 3 is 1.31 bits per heavy atom. The summed E-state index contributed by atoms with van der Waals surface area (Å²) in [6.45, 7) is 42.0. The second kappa shape index (κ2) is 36.2. The van der Waals surface area contributed by atoms with Crippen LogP contribution in [0.3, 0.4) is 0 Å². The van der Waals surface area contributed by atoms with Crippen molar-refractivity contribution >= 4 is 18.4 Å². The molecule has 1 N–H and O–H groups in total. The zero-order valence-electron chi connectivity index (χ0n) is 56.8. The molecule has 0 fully saturated rings. The van der Waals surface area contributed by atoms with Crippen molar-refractivity contribution in [1.82, 2.24) is 10.2 Å². The summed E-state index contributed by atoms with van der Waals surface area (Å²) in [4.78, 5) is 42.5. The number of ether oxygens (including phenoxy) is 7. The molecule has 84 heavy (non-hydrogen) atoms. The number of benzene rings is 2. The smallest absolute Gasteiger partial charge is 0.487 e. The van der Waals surface area contributed by atoms with E-state index in [0.717, 1.165) is 151 Å². The first-order chi connectivity index (χ1) is 39.8. The minimum Gasteiger partial charge on any atom is -0.487 e. The summed E-state index contributed by atoms with van der Waals surface area (Å²) in [6.07, 6.45) is 24.3. The van der Waals surface area contributed by atoms with E-state index in [-0.39, 0.29) is 37.6 Å². The fourth-order valence-electron chi connectivity index (χ4n) is 12.9. The second-order valence-corrected chi connectivity index (χ2v) is 27.9. The zero-order valence-corrected chi connectivity index (χ0v) is 56.8. The van der Waals surface area contributed by atoms with Crippen LogP contribution in [-0.2, 0) is 27.1 Å². The van der Waals surface area contributed by atoms with Gasteiger partial charge in [-0.05, 0) is 195 Å². The van der Waals surface area contributed by atoms with Crippen LogP contribution in [0.2, 0.25) is 0 Å². The van der Waals surface area contributed by atoms with Crippen LogP contribution in [0.25, 0.3) is 0 Å². The molecule has 12 heteroatoms. The highest BCUT2D eigenvalue weighted by Crippen LogP contribution is 2.47. The molecule has 2 aromatic rings. The molecule has 480 valence electrons. The van der Waals surface area contributed by atoms with Crippen molar-refractivity contribution in [2.24, 2.45) is 41.4 Å². The molecule has 2 aliphatic heterocycles. The highest BCUT2D eigenvalue weighted by molar-refractivity contribution is 5.73. The Labute approximate surface area is 512 Å². The Hall–Kier alpha value is -4.19. The summed E-state index contributed by atoms with van der Waals surface area (Å²) in [7, 11) is 0. The molecule has 0 radical (unpaired) electrons. The van der Waals surface area contributed by atoms with Gasteiger partial charge in [-0.15, -0.1) is 0 Å². The normalized spacial score (nSPS) is 18.5. The van der Waals surface area contributed by atoms with E-state index in [4.69, 9.17) is 33.2 Å². The Morgan fingerprint density at radius 1 is 0.500 bits per heavy atom. The van der Waals surface area contributed by atoms with Gasteiger partial charge in [-0.25, -0.2) is 14.4 Å². The molecular formula is C72H122N2O10. The minimum atomic E-state index is -0.893. The van der Waals surface area contributed by atoms with Crippen LogP contribution < -0.4 is 24.3 Å². The molecular weight excluding hydrogens is 1050 g/mol. The summed E-state index contributed by atoms with van der Waals surface area (Å²) < 4.78 is 42.6. The van der Waals surface area contributed by atoms with Crippen molar-refractivity contribution in [2.45, 2.75) is 284 Å². The number of hydrogen-bond donors (Lipinski definition) is 1. The van der Waals surface area contributed by atoms with Crippen molar-refractivity contribution in [3.63, 3.8) is 0 Å². The maximum atomic E-state index is 13.7. The van der Waals surface area contributed by atoms with Crippen LogP contribution in [-0.4, -0.2) is 80.5 Å². The lowest BCUT2D eigenvalue weighted by molar-refractivity contribution is 0.0268. The maximum Gasteiger partial charge on any atom is 0.513 e. The standard InChI is InChI=1S/C72H122N2O10/c1-19-74(20-2)44-27-45-78-69(76)79-47-61(46-73-68(75)81-64-55(11)57(13)66-62(59(64)15)38-42-71(17,83-66)40-25-36-53(9)34-23-32-51(7)30-21-28-49(3)4)48-80-70(77)82-65-56(12)58(14)67-63(60(65)16)39-43-72(18,84-67)41-26-37-54(10)35-24-33-52(8)31-22-29-50(5)6/h49-54,61H,19-48H2,1-18H3,(H,73,75)/t51-,52-,53-,54-,61?,71-,72-/m1/s1. The lowest BCUT2D eigenvalue weighted by Gasteiger charge is -2.38. The lowest BCUT2D eigenvalue weighted by atomic mass is 9.83. The summed E-state index contributed by atoms with van der Waals surface area (Å²) in [5.41, 5.74) is 6.91. The van der Waals surface area contributed by atoms with Crippen molar-refractivity contribution in [3.8, 4) is 23.0 Å². The van der Waals surface area contributed by atoms with Gasteiger partial charge in [0.2, 0.25) is 0 Å². The van der Waals surface area contributed by atoms with Crippen molar-refractivity contribution in [1.29, 1.82) is 0 Å². The van der Waals surface area contributed by atoms with E-state index in [2.05, 4.69) is 93.3 Å². The van der Waals surface area contributed by atoms with Gasteiger partial charge in [0.25, 0.3) is 0 Å². The fraction of sp³-hybridized carbons (Fsp3) is 0.792. The van der Waals surface area contributed by atoms with Crippen molar-refractivity contribution < 1.29 is 47.5 Å². The average Bonchev–Trinajstić information content (AvgIpc) is 1.14. The Kier molecular flexibility index (Phi) is 31.2. The second-order valence-electron chi connectivity index (χ2n) is 27.9. The molecule has 1 unspecified atom stereocenters. The molecule has 2 aliphatic rings. The summed E-state index contributed by atoms with van der Waals surface area (Å²) in [6, 6.07) is 0. The number of rotatable bonds is 38. The first kappa shape index (κ1) is 72.3. The fourth-order valence-corrected chi connectivity index (χ4v) is 12.9. The van der Waals surface area contributed by atoms with E-state index in [1.165, 1.54) is 89.9 Å². The number of amides is 1. The van der Waals surface area contributed by atoms with Crippen LogP contribution in [0.4, 0.5) is 14.4 Å². The molecule has 0 bridgehead atoms. The molecule has 12 nitrogen and oxygen atoms in total. The monoisotopic (exact) mass is 1170 g/mol. The zero-order chi connectivity index (χ0) is 62.1. The SMILES string of the molecule is CCN(CC)CCCOC(=O)OCC(CNC(=O)Oc1c(C)c(C)c2c(c1C)CC[C@@](C)(CCC[C@H](C)CCC[C@H](C)CCCC(C)C)O2)COC(=O)Oc1c(C)c(C)c2c(c1C)CC[C@@](C)(CCC[C@H](C)CCC[C@H](C)CCCC(C)C)O2. The summed E-state index contributed by atoms with van der Waals surface area (Å²) in [5, 5.41) is 2.86. The van der Waals surface area contributed by atoms with Crippen LogP contribution >= 0.6 is 0 Å². The predicted molar refractivity (Wildman–Crippen MR) is 345 cm³/mol. The quantitative estimate of drug-likeness (QED) is 0.0392.